The average Bonchev–Trinajstić information content (AvgIpc) is 2.22. The molecule has 7 nitrogen and oxygen atoms in total. The first kappa shape index (κ1) is 20.0. The Balaban J connectivity index is 0. The van der Waals surface area contributed by atoms with Crippen LogP contribution in [0.25, 0.3) is 0 Å². The predicted octanol–water partition coefficient (Wildman–Crippen LogP) is -0.624. The molecule has 0 saturated heterocycles. The average molecular weight is 276 g/mol. The molecule has 0 rings (SSSR count). The summed E-state index contributed by atoms with van der Waals surface area (Å²) in [7, 11) is -2.17. The highest BCUT2D eigenvalue weighted by Crippen LogP contribution is 2.26. The minimum absolute atomic E-state index is 0.530. The number of hydrogen-bond donors (Lipinski definition) is 4. The van der Waals surface area contributed by atoms with E-state index < -0.39 is 18.5 Å². The van der Waals surface area contributed by atoms with Crippen LogP contribution in [-0.2, 0) is 14.3 Å². The molecule has 0 aliphatic heterocycles. The Morgan fingerprint density at radius 3 is 2.00 bits per heavy atom. The zero-order valence-corrected chi connectivity index (χ0v) is 11.5. The molecule has 0 bridgehead atoms. The van der Waals surface area contributed by atoms with E-state index in [-0.39, 0.29) is 0 Å². The van der Waals surface area contributed by atoms with Gasteiger partial charge in [0.2, 0.25) is 0 Å². The van der Waals surface area contributed by atoms with Crippen LogP contribution in [0, 0.1) is 0 Å². The second-order valence-corrected chi connectivity index (χ2v) is 4.12. The van der Waals surface area contributed by atoms with Crippen LogP contribution in [0.5, 0.6) is 0 Å². The van der Waals surface area contributed by atoms with Crippen molar-refractivity contribution in [1.82, 2.24) is 0 Å². The van der Waals surface area contributed by atoms with Crippen LogP contribution < -0.4 is 0 Å². The van der Waals surface area contributed by atoms with E-state index in [2.05, 4.69) is 0 Å². The van der Waals surface area contributed by atoms with E-state index in [1.807, 2.05) is 6.92 Å². The lowest BCUT2D eigenvalue weighted by atomic mass is 9.87. The van der Waals surface area contributed by atoms with Gasteiger partial charge >= 0.3 is 7.32 Å². The lowest BCUT2D eigenvalue weighted by molar-refractivity contribution is -0.0955. The summed E-state index contributed by atoms with van der Waals surface area (Å²) in [5.41, 5.74) is -2.32. The minimum Gasteiger partial charge on any atom is -0.498 e. The molecule has 0 aliphatic carbocycles. The summed E-state index contributed by atoms with van der Waals surface area (Å²) in [5.74, 6) is 1.62. The Hall–Kier alpha value is -1.31. The Bertz CT molecular complexity index is 302. The second-order valence-electron chi connectivity index (χ2n) is 4.12. The Morgan fingerprint density at radius 1 is 1.21 bits per heavy atom. The van der Waals surface area contributed by atoms with Gasteiger partial charge in [0, 0.05) is 6.08 Å². The Labute approximate surface area is 113 Å². The molecular weight excluding hydrogens is 255 g/mol. The maximum absolute atomic E-state index is 10.3. The summed E-state index contributed by atoms with van der Waals surface area (Å²) < 4.78 is 10.2. The number of hydrogen-bond acceptors (Lipinski definition) is 7. The van der Waals surface area contributed by atoms with Gasteiger partial charge in [0.1, 0.15) is 24.1 Å². The van der Waals surface area contributed by atoms with Crippen molar-refractivity contribution >= 4 is 13.3 Å². The van der Waals surface area contributed by atoms with Crippen molar-refractivity contribution in [2.45, 2.75) is 38.9 Å². The third kappa shape index (κ3) is 10.3. The van der Waals surface area contributed by atoms with Crippen LogP contribution in [0.4, 0.5) is 0 Å². The monoisotopic (exact) mass is 276 g/mol. The lowest BCUT2D eigenvalue weighted by Gasteiger charge is -2.35. The topological polar surface area (TPSA) is 116 Å². The molecule has 0 saturated carbocycles. The van der Waals surface area contributed by atoms with Crippen LogP contribution in [0.3, 0.4) is 0 Å². The van der Waals surface area contributed by atoms with E-state index in [1.165, 1.54) is 12.5 Å². The molecule has 8 heteroatoms. The second kappa shape index (κ2) is 9.60. The third-order valence-corrected chi connectivity index (χ3v) is 2.18. The van der Waals surface area contributed by atoms with Gasteiger partial charge in [-0.15, -0.1) is 0 Å². The molecule has 110 valence electrons. The number of aliphatic hydroxyl groups is 1. The molecule has 0 radical (unpaired) electrons. The van der Waals surface area contributed by atoms with Gasteiger partial charge < -0.3 is 29.7 Å². The molecule has 1 unspecified atom stereocenters. The zero-order valence-electron chi connectivity index (χ0n) is 11.5. The zero-order chi connectivity index (χ0) is 15.5. The van der Waals surface area contributed by atoms with Crippen molar-refractivity contribution in [1.29, 1.82) is 0 Å². The first-order valence-corrected chi connectivity index (χ1v) is 5.53. The molecule has 0 heterocycles. The Morgan fingerprint density at radius 2 is 1.68 bits per heavy atom. The van der Waals surface area contributed by atoms with Crippen LogP contribution in [0.1, 0.15) is 27.7 Å². The van der Waals surface area contributed by atoms with Gasteiger partial charge in [-0.25, -0.2) is 4.79 Å². The van der Waals surface area contributed by atoms with Gasteiger partial charge in [-0.3, -0.25) is 0 Å². The number of ether oxygens (including phenoxy) is 2. The van der Waals surface area contributed by atoms with Crippen molar-refractivity contribution in [3.63, 3.8) is 0 Å². The molecule has 1 atom stereocenters. The van der Waals surface area contributed by atoms with Crippen molar-refractivity contribution in [3.05, 3.63) is 18.6 Å². The van der Waals surface area contributed by atoms with Gasteiger partial charge in [0.25, 0.3) is 0 Å². The van der Waals surface area contributed by atoms with E-state index in [9.17, 15) is 9.90 Å². The summed E-state index contributed by atoms with van der Waals surface area (Å²) in [5, 5.41) is 31.3. The van der Waals surface area contributed by atoms with E-state index in [1.54, 1.807) is 26.7 Å². The quantitative estimate of drug-likeness (QED) is 0.290. The minimum atomic E-state index is -2.17. The fraction of sp³-hybridized carbons (Fsp3) is 0.636. The molecular formula is C11H21BO7. The van der Waals surface area contributed by atoms with Crippen molar-refractivity contribution in [3.8, 4) is 0 Å². The van der Waals surface area contributed by atoms with Gasteiger partial charge in [-0.2, -0.15) is 0 Å². The number of rotatable bonds is 6. The summed E-state index contributed by atoms with van der Waals surface area (Å²) in [6, 6.07) is 0. The first-order valence-electron chi connectivity index (χ1n) is 5.53. The van der Waals surface area contributed by atoms with E-state index in [0.717, 1.165) is 6.08 Å². The van der Waals surface area contributed by atoms with Crippen LogP contribution in [-0.4, -0.2) is 51.3 Å². The molecule has 0 spiro atoms. The van der Waals surface area contributed by atoms with Crippen LogP contribution in [0.2, 0.25) is 0 Å². The molecule has 0 aromatic rings. The predicted molar refractivity (Wildman–Crippen MR) is 69.2 cm³/mol. The van der Waals surface area contributed by atoms with E-state index in [0.29, 0.717) is 6.61 Å². The summed E-state index contributed by atoms with van der Waals surface area (Å²) in [6.07, 6.45) is 3.81. The molecule has 0 aliphatic rings. The van der Waals surface area contributed by atoms with Gasteiger partial charge in [-0.1, -0.05) is 0 Å². The van der Waals surface area contributed by atoms with Gasteiger partial charge in [0.15, 0.2) is 5.60 Å². The molecule has 0 amide bonds. The molecule has 4 N–H and O–H groups in total. The summed E-state index contributed by atoms with van der Waals surface area (Å²) in [6.45, 7) is 7.06. The van der Waals surface area contributed by atoms with Crippen molar-refractivity contribution in [2.24, 2.45) is 0 Å². The van der Waals surface area contributed by atoms with Crippen molar-refractivity contribution < 1.29 is 34.4 Å². The van der Waals surface area contributed by atoms with Crippen molar-refractivity contribution in [2.75, 3.05) is 6.61 Å². The SMILES string of the molecule is CCOC=COC(C)(C=C=O)C(C)(C)O.OB(O)O. The standard InChI is InChI=1S/C11H18O4.BH3O3/c1-5-14-8-9-15-11(4,6-7-12)10(2,3)13;2-1(3)4/h6,8-9,13H,5H2,1-4H3;2-4H. The Kier molecular flexibility index (Phi) is 10.1. The normalized spacial score (nSPS) is 13.7. The molecule has 0 fully saturated rings. The third-order valence-electron chi connectivity index (χ3n) is 2.18. The summed E-state index contributed by atoms with van der Waals surface area (Å²) >= 11 is 0. The smallest absolute Gasteiger partial charge is 0.498 e. The highest BCUT2D eigenvalue weighted by molar-refractivity contribution is 6.30. The fourth-order valence-electron chi connectivity index (χ4n) is 0.772. The summed E-state index contributed by atoms with van der Waals surface area (Å²) in [4.78, 5) is 10.3. The van der Waals surface area contributed by atoms with E-state index in [4.69, 9.17) is 24.5 Å². The maximum atomic E-state index is 10.3. The fourth-order valence-corrected chi connectivity index (χ4v) is 0.772. The lowest BCUT2D eigenvalue weighted by Crippen LogP contribution is -2.47. The van der Waals surface area contributed by atoms with Crippen LogP contribution in [0.15, 0.2) is 18.6 Å². The van der Waals surface area contributed by atoms with E-state index >= 15 is 0 Å². The molecule has 19 heavy (non-hydrogen) atoms. The molecule has 0 aromatic carbocycles. The maximum Gasteiger partial charge on any atom is 0.631 e. The van der Waals surface area contributed by atoms with Gasteiger partial charge in [-0.05, 0) is 27.7 Å². The highest BCUT2D eigenvalue weighted by atomic mass is 16.5. The van der Waals surface area contributed by atoms with Gasteiger partial charge in [0.05, 0.1) is 6.61 Å². The first-order chi connectivity index (χ1) is 8.60. The molecule has 0 aromatic heterocycles. The highest BCUT2D eigenvalue weighted by Gasteiger charge is 2.39. The number of carbonyl (C=O) groups excluding carboxylic acids is 1. The van der Waals surface area contributed by atoms with Crippen LogP contribution >= 0.6 is 0 Å². The largest absolute Gasteiger partial charge is 0.631 e.